The van der Waals surface area contributed by atoms with Gasteiger partial charge in [0.15, 0.2) is 0 Å². The lowest BCUT2D eigenvalue weighted by Gasteiger charge is -2.48. The molecule has 0 saturated carbocycles. The van der Waals surface area contributed by atoms with Crippen LogP contribution in [0.2, 0.25) is 0 Å². The van der Waals surface area contributed by atoms with Crippen molar-refractivity contribution >= 4 is 0 Å². The fourth-order valence-corrected chi connectivity index (χ4v) is 6.06. The van der Waals surface area contributed by atoms with Gasteiger partial charge < -0.3 is 26.6 Å². The molecule has 2 aliphatic heterocycles. The second-order valence-corrected chi connectivity index (χ2v) is 8.97. The Balaban J connectivity index is 0.00000240. The summed E-state index contributed by atoms with van der Waals surface area (Å²) in [7, 11) is 2.33. The van der Waals surface area contributed by atoms with Gasteiger partial charge in [-0.1, -0.05) is 60.7 Å². The summed E-state index contributed by atoms with van der Waals surface area (Å²) in [4.78, 5) is 0. The molecule has 4 atom stereocenters. The first-order chi connectivity index (χ1) is 13.6. The monoisotopic (exact) mass is 454 g/mol. The molecule has 2 bridgehead atoms. The minimum Gasteiger partial charge on any atom is -1.00 e. The molecule has 2 aromatic carbocycles. The van der Waals surface area contributed by atoms with Crippen molar-refractivity contribution in [2.24, 2.45) is 5.92 Å². The second kappa shape index (κ2) is 9.00. The van der Waals surface area contributed by atoms with Gasteiger partial charge in [-0.15, -0.1) is 0 Å². The molecule has 0 aromatic heterocycles. The molecule has 2 heterocycles. The Kier molecular flexibility index (Phi) is 6.83. The Morgan fingerprint density at radius 1 is 0.966 bits per heavy atom. The van der Waals surface area contributed by atoms with E-state index in [9.17, 15) is 10.4 Å². The van der Waals surface area contributed by atoms with Gasteiger partial charge in [-0.2, -0.15) is 5.26 Å². The van der Waals surface area contributed by atoms with Crippen molar-refractivity contribution in [2.75, 3.05) is 20.2 Å². The van der Waals surface area contributed by atoms with Crippen LogP contribution in [0.15, 0.2) is 60.7 Å². The number of nitriles is 1. The molecule has 2 fully saturated rings. The molecule has 0 aliphatic carbocycles. The van der Waals surface area contributed by atoms with Crippen LogP contribution in [0.5, 0.6) is 0 Å². The number of aliphatic hydroxyl groups is 1. The van der Waals surface area contributed by atoms with Crippen LogP contribution in [-0.4, -0.2) is 41.9 Å². The van der Waals surface area contributed by atoms with Crippen molar-refractivity contribution in [2.45, 2.75) is 49.6 Å². The molecule has 154 valence electrons. The van der Waals surface area contributed by atoms with Crippen molar-refractivity contribution in [1.82, 2.24) is 0 Å². The third kappa shape index (κ3) is 3.89. The first-order valence-electron chi connectivity index (χ1n) is 10.6. The second-order valence-electron chi connectivity index (χ2n) is 8.97. The van der Waals surface area contributed by atoms with E-state index >= 15 is 0 Å². The number of nitrogens with zero attached hydrogens (tertiary/aromatic N) is 2. The summed E-state index contributed by atoms with van der Waals surface area (Å²) >= 11 is 0. The van der Waals surface area contributed by atoms with E-state index in [0.29, 0.717) is 18.0 Å². The zero-order valence-corrected chi connectivity index (χ0v) is 18.8. The third-order valence-electron chi connectivity index (χ3n) is 7.61. The topological polar surface area (TPSA) is 44.0 Å². The molecule has 29 heavy (non-hydrogen) atoms. The molecular formula is C25H31BrN2O. The summed E-state index contributed by atoms with van der Waals surface area (Å²) in [5.41, 5.74) is 1.62. The molecule has 0 radical (unpaired) electrons. The quantitative estimate of drug-likeness (QED) is 0.667. The van der Waals surface area contributed by atoms with Crippen LogP contribution in [0.25, 0.3) is 0 Å². The number of aliphatic hydroxyl groups excluding tert-OH is 1. The van der Waals surface area contributed by atoms with E-state index in [0.717, 1.165) is 41.4 Å². The smallest absolute Gasteiger partial charge is 0.107 e. The summed E-state index contributed by atoms with van der Waals surface area (Å²) in [6.07, 6.45) is 5.72. The zero-order valence-electron chi connectivity index (χ0n) is 17.2. The lowest BCUT2D eigenvalue weighted by atomic mass is 9.67. The third-order valence-corrected chi connectivity index (χ3v) is 7.61. The number of quaternary nitrogens is 1. The summed E-state index contributed by atoms with van der Waals surface area (Å²) < 4.78 is 1.03. The number of fused-ring (bicyclic) bond motifs is 2. The largest absolute Gasteiger partial charge is 1.00 e. The van der Waals surface area contributed by atoms with Gasteiger partial charge in [0.25, 0.3) is 0 Å². The number of likely N-dealkylation sites (N-methyl/N-ethyl adjacent to an activating group) is 1. The van der Waals surface area contributed by atoms with Crippen LogP contribution in [0.4, 0.5) is 0 Å². The van der Waals surface area contributed by atoms with E-state index in [1.165, 1.54) is 12.8 Å². The van der Waals surface area contributed by atoms with E-state index in [-0.39, 0.29) is 23.6 Å². The maximum atomic E-state index is 10.5. The van der Waals surface area contributed by atoms with Crippen molar-refractivity contribution in [3.63, 3.8) is 0 Å². The lowest BCUT2D eigenvalue weighted by Crippen LogP contribution is -3.00. The van der Waals surface area contributed by atoms with Gasteiger partial charge in [0.2, 0.25) is 0 Å². The van der Waals surface area contributed by atoms with E-state index in [1.54, 1.807) is 0 Å². The Morgan fingerprint density at radius 3 is 1.86 bits per heavy atom. The Morgan fingerprint density at radius 2 is 1.45 bits per heavy atom. The maximum Gasteiger partial charge on any atom is 0.107 e. The van der Waals surface area contributed by atoms with Gasteiger partial charge in [0.05, 0.1) is 31.8 Å². The summed E-state index contributed by atoms with van der Waals surface area (Å²) in [5.74, 6) is 0.544. The highest BCUT2D eigenvalue weighted by Crippen LogP contribution is 2.48. The molecule has 3 nitrogen and oxygen atoms in total. The number of hydrogen-bond donors (Lipinski definition) is 1. The fraction of sp³-hybridized carbons (Fsp3) is 0.480. The van der Waals surface area contributed by atoms with Crippen LogP contribution >= 0.6 is 0 Å². The summed E-state index contributed by atoms with van der Waals surface area (Å²) in [6, 6.07) is 24.7. The average molecular weight is 455 g/mol. The molecular weight excluding hydrogens is 424 g/mol. The van der Waals surface area contributed by atoms with E-state index in [2.05, 4.69) is 37.4 Å². The van der Waals surface area contributed by atoms with Crippen LogP contribution in [0.3, 0.4) is 0 Å². The fourth-order valence-electron chi connectivity index (χ4n) is 6.06. The average Bonchev–Trinajstić information content (AvgIpc) is 2.90. The highest BCUT2D eigenvalue weighted by molar-refractivity contribution is 5.45. The van der Waals surface area contributed by atoms with Crippen molar-refractivity contribution in [3.8, 4) is 6.07 Å². The first kappa shape index (κ1) is 22.0. The minimum atomic E-state index is -0.593. The van der Waals surface area contributed by atoms with E-state index in [4.69, 9.17) is 0 Å². The molecule has 4 rings (SSSR count). The van der Waals surface area contributed by atoms with Crippen molar-refractivity contribution < 1.29 is 26.6 Å². The molecule has 2 aliphatic rings. The van der Waals surface area contributed by atoms with Crippen molar-refractivity contribution in [3.05, 3.63) is 71.8 Å². The van der Waals surface area contributed by atoms with Crippen LogP contribution < -0.4 is 17.0 Å². The van der Waals surface area contributed by atoms with Gasteiger partial charge >= 0.3 is 0 Å². The SMILES string of the molecule is C[N+]1(CCO)[C@@H]2CC[C@H]1CC(CC(C#N)(c1ccccc1)c1ccccc1)C2.[Br-]. The summed E-state index contributed by atoms with van der Waals surface area (Å²) in [6.45, 7) is 1.13. The van der Waals surface area contributed by atoms with Gasteiger partial charge in [-0.05, 0) is 23.5 Å². The number of rotatable bonds is 6. The molecule has 1 N–H and O–H groups in total. The molecule has 2 unspecified atom stereocenters. The van der Waals surface area contributed by atoms with E-state index in [1.807, 2.05) is 36.4 Å². The van der Waals surface area contributed by atoms with Gasteiger partial charge in [0, 0.05) is 25.7 Å². The number of halogens is 1. The lowest BCUT2D eigenvalue weighted by molar-refractivity contribution is -0.949. The standard InChI is InChI=1S/C25H31N2O.BrH/c1-27(14-15-28)23-12-13-24(27)17-20(16-23)18-25(19-26,21-8-4-2-5-9-21)22-10-6-3-7-11-22;/h2-11,20,23-24,28H,12-18H2,1H3;1H/q+1;/p-1/t20?,23-,24+,27?;. The predicted octanol–water partition coefficient (Wildman–Crippen LogP) is 1.27. The molecule has 0 amide bonds. The molecule has 2 saturated heterocycles. The predicted molar refractivity (Wildman–Crippen MR) is 112 cm³/mol. The van der Waals surface area contributed by atoms with Crippen molar-refractivity contribution in [1.29, 1.82) is 5.26 Å². The van der Waals surface area contributed by atoms with Crippen LogP contribution in [0, 0.1) is 17.2 Å². The molecule has 0 spiro atoms. The number of hydrogen-bond acceptors (Lipinski definition) is 2. The Bertz CT molecular complexity index is 779. The van der Waals surface area contributed by atoms with Gasteiger partial charge in [-0.3, -0.25) is 0 Å². The molecule has 2 aromatic rings. The highest BCUT2D eigenvalue weighted by atomic mass is 79.9. The maximum absolute atomic E-state index is 10.5. The van der Waals surface area contributed by atoms with Gasteiger partial charge in [0.1, 0.15) is 12.0 Å². The van der Waals surface area contributed by atoms with Gasteiger partial charge in [-0.25, -0.2) is 0 Å². The number of benzene rings is 2. The summed E-state index contributed by atoms with van der Waals surface area (Å²) in [5, 5.41) is 20.0. The number of piperidine rings is 1. The normalized spacial score (nSPS) is 28.4. The first-order valence-corrected chi connectivity index (χ1v) is 10.6. The minimum absolute atomic E-state index is 0. The van der Waals surface area contributed by atoms with E-state index < -0.39 is 5.41 Å². The Hall–Kier alpha value is -1.67. The molecule has 4 heteroatoms. The van der Waals surface area contributed by atoms with Crippen LogP contribution in [-0.2, 0) is 5.41 Å². The van der Waals surface area contributed by atoms with Crippen LogP contribution in [0.1, 0.15) is 43.2 Å². The highest BCUT2D eigenvalue weighted by Gasteiger charge is 2.52. The zero-order chi connectivity index (χ0) is 19.6. The Labute approximate surface area is 185 Å².